The third-order valence-corrected chi connectivity index (χ3v) is 7.63. The zero-order valence-corrected chi connectivity index (χ0v) is 22.7. The van der Waals surface area contributed by atoms with Crippen molar-refractivity contribution in [1.29, 1.82) is 0 Å². The van der Waals surface area contributed by atoms with Gasteiger partial charge < -0.3 is 29.6 Å². The van der Waals surface area contributed by atoms with Crippen molar-refractivity contribution in [3.63, 3.8) is 0 Å². The second kappa shape index (κ2) is 11.6. The summed E-state index contributed by atoms with van der Waals surface area (Å²) in [6, 6.07) is 9.57. The van der Waals surface area contributed by atoms with E-state index in [1.807, 2.05) is 0 Å². The largest absolute Gasteiger partial charge is 0.493 e. The number of carbonyl (C=O) groups is 3. The summed E-state index contributed by atoms with van der Waals surface area (Å²) in [6.45, 7) is 2.18. The number of nitrogens with one attached hydrogen (secondary N) is 2. The molecule has 200 valence electrons. The number of hydrogen-bond acceptors (Lipinski definition) is 8. The van der Waals surface area contributed by atoms with Crippen LogP contribution in [0.1, 0.15) is 54.9 Å². The standard InChI is InChI=1S/C28H30N2O7S/c1-15-6-11-19-22(12-15)38-27(23(19)26(32)29-18-9-7-16(8-10-18)28(33)37-5)30-25(31)17-13-20(34-2)24(36-4)21(14-17)35-3/h7-10,13-15H,6,11-12H2,1-5H3,(H,29,32)(H,30,31). The van der Waals surface area contributed by atoms with Gasteiger partial charge in [-0.25, -0.2) is 4.79 Å². The Morgan fingerprint density at radius 3 is 2.11 bits per heavy atom. The quantitative estimate of drug-likeness (QED) is 0.380. The lowest BCUT2D eigenvalue weighted by atomic mass is 9.88. The molecule has 38 heavy (non-hydrogen) atoms. The molecule has 9 nitrogen and oxygen atoms in total. The normalized spacial score (nSPS) is 14.2. The van der Waals surface area contributed by atoms with Crippen molar-refractivity contribution in [3.05, 3.63) is 63.5 Å². The summed E-state index contributed by atoms with van der Waals surface area (Å²) in [5.41, 5.74) is 2.61. The van der Waals surface area contributed by atoms with Crippen molar-refractivity contribution in [2.45, 2.75) is 26.2 Å². The van der Waals surface area contributed by atoms with Crippen LogP contribution in [-0.4, -0.2) is 46.2 Å². The van der Waals surface area contributed by atoms with E-state index >= 15 is 0 Å². The number of esters is 1. The summed E-state index contributed by atoms with van der Waals surface area (Å²) in [5, 5.41) is 6.32. The summed E-state index contributed by atoms with van der Waals surface area (Å²) in [5.74, 6) is 0.373. The van der Waals surface area contributed by atoms with Gasteiger partial charge in [0.15, 0.2) is 11.5 Å². The highest BCUT2D eigenvalue weighted by molar-refractivity contribution is 7.17. The summed E-state index contributed by atoms with van der Waals surface area (Å²) in [4.78, 5) is 39.7. The van der Waals surface area contributed by atoms with Gasteiger partial charge in [-0.1, -0.05) is 6.92 Å². The Balaban J connectivity index is 1.66. The molecule has 2 N–H and O–H groups in total. The van der Waals surface area contributed by atoms with Crippen LogP contribution in [0.15, 0.2) is 36.4 Å². The molecule has 2 aromatic carbocycles. The Morgan fingerprint density at radius 2 is 1.53 bits per heavy atom. The molecule has 0 saturated heterocycles. The first-order chi connectivity index (χ1) is 18.3. The summed E-state index contributed by atoms with van der Waals surface area (Å²) in [6.07, 6.45) is 2.54. The summed E-state index contributed by atoms with van der Waals surface area (Å²) < 4.78 is 20.8. The SMILES string of the molecule is COC(=O)c1ccc(NC(=O)c2c(NC(=O)c3cc(OC)c(OC)c(OC)c3)sc3c2CCC(C)C3)cc1. The van der Waals surface area contributed by atoms with Gasteiger partial charge >= 0.3 is 5.97 Å². The topological polar surface area (TPSA) is 112 Å². The van der Waals surface area contributed by atoms with E-state index < -0.39 is 11.9 Å². The number of amides is 2. The highest BCUT2D eigenvalue weighted by atomic mass is 32.1. The molecular formula is C28H30N2O7S. The van der Waals surface area contributed by atoms with Crippen LogP contribution in [0.4, 0.5) is 10.7 Å². The number of anilines is 2. The molecular weight excluding hydrogens is 508 g/mol. The molecule has 1 aromatic heterocycles. The average molecular weight is 539 g/mol. The van der Waals surface area contributed by atoms with E-state index in [9.17, 15) is 14.4 Å². The first-order valence-electron chi connectivity index (χ1n) is 12.0. The third kappa shape index (κ3) is 5.45. The van der Waals surface area contributed by atoms with Crippen LogP contribution in [0, 0.1) is 5.92 Å². The number of carbonyl (C=O) groups excluding carboxylic acids is 3. The van der Waals surface area contributed by atoms with E-state index in [2.05, 4.69) is 17.6 Å². The second-order valence-electron chi connectivity index (χ2n) is 8.95. The second-order valence-corrected chi connectivity index (χ2v) is 10.1. The van der Waals surface area contributed by atoms with Gasteiger partial charge in [0.25, 0.3) is 11.8 Å². The number of benzene rings is 2. The van der Waals surface area contributed by atoms with Crippen molar-refractivity contribution in [3.8, 4) is 17.2 Å². The Hall–Kier alpha value is -4.05. The zero-order chi connectivity index (χ0) is 27.4. The summed E-state index contributed by atoms with van der Waals surface area (Å²) >= 11 is 1.42. The highest BCUT2D eigenvalue weighted by Gasteiger charge is 2.29. The molecule has 1 atom stereocenters. The minimum absolute atomic E-state index is 0.295. The van der Waals surface area contributed by atoms with Gasteiger partial charge in [-0.3, -0.25) is 9.59 Å². The first-order valence-corrected chi connectivity index (χ1v) is 12.9. The van der Waals surface area contributed by atoms with E-state index in [1.54, 1.807) is 36.4 Å². The lowest BCUT2D eigenvalue weighted by molar-refractivity contribution is 0.0600. The van der Waals surface area contributed by atoms with E-state index in [0.717, 1.165) is 29.7 Å². The number of thiophene rings is 1. The molecule has 4 rings (SSSR count). The van der Waals surface area contributed by atoms with Crippen LogP contribution in [0.3, 0.4) is 0 Å². The molecule has 0 aliphatic heterocycles. The van der Waals surface area contributed by atoms with Crippen molar-refractivity contribution in [2.75, 3.05) is 39.1 Å². The van der Waals surface area contributed by atoms with Crippen LogP contribution in [-0.2, 0) is 17.6 Å². The predicted molar refractivity (Wildman–Crippen MR) is 145 cm³/mol. The monoisotopic (exact) mass is 538 g/mol. The Bertz CT molecular complexity index is 1340. The minimum Gasteiger partial charge on any atom is -0.493 e. The molecule has 2 amide bonds. The Morgan fingerprint density at radius 1 is 0.868 bits per heavy atom. The van der Waals surface area contributed by atoms with Gasteiger partial charge in [-0.05, 0) is 67.1 Å². The van der Waals surface area contributed by atoms with Gasteiger partial charge in [-0.2, -0.15) is 0 Å². The van der Waals surface area contributed by atoms with Gasteiger partial charge in [0.2, 0.25) is 5.75 Å². The third-order valence-electron chi connectivity index (χ3n) is 6.46. The van der Waals surface area contributed by atoms with Gasteiger partial charge in [-0.15, -0.1) is 11.3 Å². The minimum atomic E-state index is -0.458. The van der Waals surface area contributed by atoms with E-state index in [-0.39, 0.29) is 5.91 Å². The van der Waals surface area contributed by atoms with Crippen LogP contribution in [0.25, 0.3) is 0 Å². The maximum absolute atomic E-state index is 13.5. The predicted octanol–water partition coefficient (Wildman–Crippen LogP) is 5.19. The molecule has 0 radical (unpaired) electrons. The smallest absolute Gasteiger partial charge is 0.337 e. The molecule has 0 spiro atoms. The number of fused-ring (bicyclic) bond motifs is 1. The number of hydrogen-bond donors (Lipinski definition) is 2. The molecule has 0 fully saturated rings. The summed E-state index contributed by atoms with van der Waals surface area (Å²) in [7, 11) is 5.76. The maximum atomic E-state index is 13.5. The molecule has 1 aliphatic rings. The Kier molecular flexibility index (Phi) is 8.21. The van der Waals surface area contributed by atoms with Crippen LogP contribution >= 0.6 is 11.3 Å². The van der Waals surface area contributed by atoms with E-state index in [0.29, 0.717) is 50.5 Å². The van der Waals surface area contributed by atoms with Gasteiger partial charge in [0.05, 0.1) is 39.6 Å². The van der Waals surface area contributed by atoms with E-state index in [1.165, 1.54) is 39.8 Å². The van der Waals surface area contributed by atoms with Crippen molar-refractivity contribution < 1.29 is 33.3 Å². The van der Waals surface area contributed by atoms with Crippen LogP contribution in [0.5, 0.6) is 17.2 Å². The molecule has 1 aliphatic carbocycles. The fourth-order valence-corrected chi connectivity index (χ4v) is 5.87. The first kappa shape index (κ1) is 27.0. The van der Waals surface area contributed by atoms with Crippen LogP contribution < -0.4 is 24.8 Å². The molecule has 1 unspecified atom stereocenters. The number of methoxy groups -OCH3 is 4. The lowest BCUT2D eigenvalue weighted by Gasteiger charge is -2.18. The average Bonchev–Trinajstić information content (AvgIpc) is 3.28. The van der Waals surface area contributed by atoms with Crippen LogP contribution in [0.2, 0.25) is 0 Å². The molecule has 0 saturated carbocycles. The lowest BCUT2D eigenvalue weighted by Crippen LogP contribution is -2.19. The van der Waals surface area contributed by atoms with E-state index in [4.69, 9.17) is 18.9 Å². The van der Waals surface area contributed by atoms with Gasteiger partial charge in [0.1, 0.15) is 5.00 Å². The molecule has 10 heteroatoms. The zero-order valence-electron chi connectivity index (χ0n) is 21.9. The van der Waals surface area contributed by atoms with Crippen molar-refractivity contribution in [2.24, 2.45) is 5.92 Å². The molecule has 3 aromatic rings. The molecule has 1 heterocycles. The van der Waals surface area contributed by atoms with Crippen molar-refractivity contribution in [1.82, 2.24) is 0 Å². The maximum Gasteiger partial charge on any atom is 0.337 e. The molecule has 0 bridgehead atoms. The van der Waals surface area contributed by atoms with Gasteiger partial charge in [0, 0.05) is 16.1 Å². The fourth-order valence-electron chi connectivity index (χ4n) is 4.47. The van der Waals surface area contributed by atoms with Crippen molar-refractivity contribution >= 4 is 39.8 Å². The Labute approximate surface area is 225 Å². The highest BCUT2D eigenvalue weighted by Crippen LogP contribution is 2.41. The number of rotatable bonds is 8. The number of ether oxygens (including phenoxy) is 4. The fraction of sp³-hybridized carbons (Fsp3) is 0.321.